The van der Waals surface area contributed by atoms with E-state index in [1.165, 1.54) is 51.4 Å². The Labute approximate surface area is 118 Å². The van der Waals surface area contributed by atoms with Crippen molar-refractivity contribution >= 4 is 11.5 Å². The largest absolute Gasteiger partial charge is 0.297 e. The number of nitrogens with zero attached hydrogens (tertiary/aromatic N) is 1. The number of aliphatic imine (C=N–C) groups is 1. The minimum Gasteiger partial charge on any atom is -0.297 e. The highest BCUT2D eigenvalue weighted by Crippen LogP contribution is 2.13. The molecule has 1 atom stereocenters. The summed E-state index contributed by atoms with van der Waals surface area (Å²) in [5, 5.41) is 0. The van der Waals surface area contributed by atoms with Crippen LogP contribution >= 0.6 is 0 Å². The standard InChI is InChI=1S/C17H29NO/c1-3-4-5-6-7-8-9-10-11-12-17(19)16-14-13-15(2)18-16/h13-14,16H,3-12H2,1-2H3. The highest BCUT2D eigenvalue weighted by Gasteiger charge is 2.16. The van der Waals surface area contributed by atoms with E-state index in [1.807, 2.05) is 19.1 Å². The lowest BCUT2D eigenvalue weighted by Crippen LogP contribution is -2.14. The minimum atomic E-state index is -0.172. The monoisotopic (exact) mass is 263 g/mol. The number of carbonyl (C=O) groups excluding carboxylic acids is 1. The fraction of sp³-hybridized carbons (Fsp3) is 0.765. The molecule has 2 nitrogen and oxygen atoms in total. The SMILES string of the molecule is CCCCCCCCCCCC(=O)C1C=CC(C)=N1. The first-order chi connectivity index (χ1) is 9.24. The lowest BCUT2D eigenvalue weighted by Gasteiger charge is -2.04. The number of rotatable bonds is 11. The third-order valence-corrected chi connectivity index (χ3v) is 3.72. The minimum absolute atomic E-state index is 0.172. The molecule has 0 saturated carbocycles. The summed E-state index contributed by atoms with van der Waals surface area (Å²) in [6.07, 6.45) is 16.2. The molecule has 1 unspecified atom stereocenters. The van der Waals surface area contributed by atoms with Crippen molar-refractivity contribution in [3.63, 3.8) is 0 Å². The molecular formula is C17H29NO. The molecule has 0 aromatic heterocycles. The molecular weight excluding hydrogens is 234 g/mol. The van der Waals surface area contributed by atoms with Crippen LogP contribution < -0.4 is 0 Å². The molecule has 0 amide bonds. The molecule has 0 aromatic carbocycles. The molecule has 0 N–H and O–H groups in total. The molecule has 1 aliphatic heterocycles. The van der Waals surface area contributed by atoms with Gasteiger partial charge >= 0.3 is 0 Å². The summed E-state index contributed by atoms with van der Waals surface area (Å²) in [4.78, 5) is 16.1. The quantitative estimate of drug-likeness (QED) is 0.489. The van der Waals surface area contributed by atoms with Crippen molar-refractivity contribution in [1.29, 1.82) is 0 Å². The Morgan fingerprint density at radius 2 is 1.63 bits per heavy atom. The third kappa shape index (κ3) is 7.29. The number of allylic oxidation sites excluding steroid dienone is 1. The van der Waals surface area contributed by atoms with E-state index < -0.39 is 0 Å². The van der Waals surface area contributed by atoms with Crippen LogP contribution in [0, 0.1) is 0 Å². The van der Waals surface area contributed by atoms with E-state index in [9.17, 15) is 4.79 Å². The van der Waals surface area contributed by atoms with E-state index in [0.29, 0.717) is 6.42 Å². The zero-order valence-corrected chi connectivity index (χ0v) is 12.7. The topological polar surface area (TPSA) is 29.4 Å². The number of carbonyl (C=O) groups is 1. The third-order valence-electron chi connectivity index (χ3n) is 3.72. The number of unbranched alkanes of at least 4 members (excludes halogenated alkanes) is 8. The maximum Gasteiger partial charge on any atom is 0.161 e. The molecule has 0 saturated heterocycles. The van der Waals surface area contributed by atoms with Crippen molar-refractivity contribution in [2.24, 2.45) is 4.99 Å². The van der Waals surface area contributed by atoms with Gasteiger partial charge in [-0.05, 0) is 19.4 Å². The van der Waals surface area contributed by atoms with Gasteiger partial charge in [0.05, 0.1) is 0 Å². The summed E-state index contributed by atoms with van der Waals surface area (Å²) in [5.41, 5.74) is 0.977. The predicted molar refractivity (Wildman–Crippen MR) is 82.9 cm³/mol. The van der Waals surface area contributed by atoms with Gasteiger partial charge in [-0.1, -0.05) is 64.4 Å². The van der Waals surface area contributed by atoms with E-state index in [-0.39, 0.29) is 11.8 Å². The van der Waals surface area contributed by atoms with Gasteiger partial charge in [0.15, 0.2) is 5.78 Å². The molecule has 0 fully saturated rings. The van der Waals surface area contributed by atoms with E-state index >= 15 is 0 Å². The molecule has 0 aliphatic carbocycles. The highest BCUT2D eigenvalue weighted by molar-refractivity contribution is 6.00. The van der Waals surface area contributed by atoms with Gasteiger partial charge in [-0.25, -0.2) is 0 Å². The summed E-state index contributed by atoms with van der Waals surface area (Å²) < 4.78 is 0. The zero-order valence-electron chi connectivity index (χ0n) is 12.7. The van der Waals surface area contributed by atoms with Crippen molar-refractivity contribution < 1.29 is 4.79 Å². The van der Waals surface area contributed by atoms with Crippen molar-refractivity contribution in [3.05, 3.63) is 12.2 Å². The Bertz CT molecular complexity index is 317. The lowest BCUT2D eigenvalue weighted by atomic mass is 10.0. The summed E-state index contributed by atoms with van der Waals surface area (Å²) in [6.45, 7) is 4.20. The van der Waals surface area contributed by atoms with Gasteiger partial charge < -0.3 is 0 Å². The molecule has 0 spiro atoms. The Kier molecular flexibility index (Phi) is 8.44. The highest BCUT2D eigenvalue weighted by atomic mass is 16.1. The van der Waals surface area contributed by atoms with Gasteiger partial charge in [0.2, 0.25) is 0 Å². The van der Waals surface area contributed by atoms with Crippen LogP contribution in [-0.2, 0) is 4.79 Å². The van der Waals surface area contributed by atoms with Gasteiger partial charge in [-0.2, -0.15) is 0 Å². The van der Waals surface area contributed by atoms with Crippen molar-refractivity contribution in [2.45, 2.75) is 84.1 Å². The first-order valence-electron chi connectivity index (χ1n) is 7.99. The van der Waals surface area contributed by atoms with E-state index in [1.54, 1.807) is 0 Å². The predicted octanol–water partition coefficient (Wildman–Crippen LogP) is 4.88. The molecule has 2 heteroatoms. The molecule has 108 valence electrons. The van der Waals surface area contributed by atoms with Crippen LogP contribution in [0.5, 0.6) is 0 Å². The Morgan fingerprint density at radius 3 is 2.16 bits per heavy atom. The zero-order chi connectivity index (χ0) is 13.9. The number of hydrogen-bond donors (Lipinski definition) is 0. The summed E-state index contributed by atoms with van der Waals surface area (Å²) >= 11 is 0. The summed E-state index contributed by atoms with van der Waals surface area (Å²) in [7, 11) is 0. The van der Waals surface area contributed by atoms with Crippen molar-refractivity contribution in [2.75, 3.05) is 0 Å². The first kappa shape index (κ1) is 16.1. The Balaban J connectivity index is 1.91. The van der Waals surface area contributed by atoms with Crippen molar-refractivity contribution in [1.82, 2.24) is 0 Å². The van der Waals surface area contributed by atoms with Crippen molar-refractivity contribution in [3.8, 4) is 0 Å². The number of hydrogen-bond acceptors (Lipinski definition) is 2. The lowest BCUT2D eigenvalue weighted by molar-refractivity contribution is -0.119. The van der Waals surface area contributed by atoms with E-state index in [0.717, 1.165) is 12.1 Å². The first-order valence-corrected chi connectivity index (χ1v) is 7.99. The van der Waals surface area contributed by atoms with Gasteiger partial charge in [0.25, 0.3) is 0 Å². The second-order valence-corrected chi connectivity index (χ2v) is 5.62. The maximum atomic E-state index is 11.8. The Hall–Kier alpha value is -0.920. The van der Waals surface area contributed by atoms with Crippen LogP contribution in [0.4, 0.5) is 0 Å². The van der Waals surface area contributed by atoms with Crippen LogP contribution in [0.15, 0.2) is 17.1 Å². The van der Waals surface area contributed by atoms with Gasteiger partial charge in [-0.15, -0.1) is 0 Å². The molecule has 19 heavy (non-hydrogen) atoms. The average Bonchev–Trinajstić information content (AvgIpc) is 2.83. The number of Topliss-reactive ketones (excluding diaryl/α,β-unsaturated/α-hetero) is 1. The molecule has 0 aromatic rings. The average molecular weight is 263 g/mol. The second-order valence-electron chi connectivity index (χ2n) is 5.62. The molecule has 0 bridgehead atoms. The molecule has 1 rings (SSSR count). The second kappa shape index (κ2) is 9.94. The van der Waals surface area contributed by atoms with E-state index in [4.69, 9.17) is 0 Å². The van der Waals surface area contributed by atoms with Gasteiger partial charge in [0, 0.05) is 12.1 Å². The Morgan fingerprint density at radius 1 is 1.05 bits per heavy atom. The van der Waals surface area contributed by atoms with Crippen LogP contribution in [0.1, 0.15) is 78.1 Å². The fourth-order valence-electron chi connectivity index (χ4n) is 2.47. The van der Waals surface area contributed by atoms with Crippen LogP contribution in [-0.4, -0.2) is 17.5 Å². The molecule has 0 radical (unpaired) electrons. The normalized spacial score (nSPS) is 17.8. The number of ketones is 1. The van der Waals surface area contributed by atoms with E-state index in [2.05, 4.69) is 11.9 Å². The van der Waals surface area contributed by atoms with Crippen LogP contribution in [0.3, 0.4) is 0 Å². The molecule has 1 aliphatic rings. The summed E-state index contributed by atoms with van der Waals surface area (Å²) in [6, 6.07) is -0.172. The fourth-order valence-corrected chi connectivity index (χ4v) is 2.47. The van der Waals surface area contributed by atoms with Crippen LogP contribution in [0.2, 0.25) is 0 Å². The summed E-state index contributed by atoms with van der Waals surface area (Å²) in [5.74, 6) is 0.288. The van der Waals surface area contributed by atoms with Gasteiger partial charge in [0.1, 0.15) is 6.04 Å². The maximum absolute atomic E-state index is 11.8. The van der Waals surface area contributed by atoms with Gasteiger partial charge in [-0.3, -0.25) is 9.79 Å². The molecule has 1 heterocycles. The van der Waals surface area contributed by atoms with Crippen LogP contribution in [0.25, 0.3) is 0 Å². The smallest absolute Gasteiger partial charge is 0.161 e.